The number of ether oxygens (including phenoxy) is 1. The summed E-state index contributed by atoms with van der Waals surface area (Å²) in [5.74, 6) is 0.723. The standard InChI is InChI=1S/C21H18BrNO2/c1-25-20-13-11-19(12-14-20)23(15-16-5-3-2-4-6-16)21(24)17-7-9-18(22)10-8-17/h2-14H,15H2,1H3. The minimum atomic E-state index is -0.0403. The van der Waals surface area contributed by atoms with Crippen LogP contribution in [0, 0.1) is 0 Å². The maximum Gasteiger partial charge on any atom is 0.258 e. The van der Waals surface area contributed by atoms with E-state index in [1.165, 1.54) is 0 Å². The van der Waals surface area contributed by atoms with Gasteiger partial charge >= 0.3 is 0 Å². The molecule has 3 rings (SSSR count). The molecular formula is C21H18BrNO2. The third kappa shape index (κ3) is 4.28. The van der Waals surface area contributed by atoms with Crippen LogP contribution in [0.1, 0.15) is 15.9 Å². The molecule has 0 atom stereocenters. The normalized spacial score (nSPS) is 10.3. The van der Waals surface area contributed by atoms with Crippen molar-refractivity contribution in [3.8, 4) is 5.75 Å². The number of nitrogens with zero attached hydrogens (tertiary/aromatic N) is 1. The molecule has 0 aliphatic heterocycles. The van der Waals surface area contributed by atoms with Gasteiger partial charge in [0.25, 0.3) is 5.91 Å². The van der Waals surface area contributed by atoms with Crippen LogP contribution >= 0.6 is 15.9 Å². The van der Waals surface area contributed by atoms with Crippen molar-refractivity contribution in [1.29, 1.82) is 0 Å². The van der Waals surface area contributed by atoms with Gasteiger partial charge in [-0.2, -0.15) is 0 Å². The molecule has 3 nitrogen and oxygen atoms in total. The van der Waals surface area contributed by atoms with Gasteiger partial charge in [-0.15, -0.1) is 0 Å². The maximum absolute atomic E-state index is 13.1. The number of carbonyl (C=O) groups excluding carboxylic acids is 1. The molecule has 0 aliphatic rings. The Bertz CT molecular complexity index is 830. The van der Waals surface area contributed by atoms with Crippen molar-refractivity contribution in [2.45, 2.75) is 6.54 Å². The smallest absolute Gasteiger partial charge is 0.258 e. The maximum atomic E-state index is 13.1. The van der Waals surface area contributed by atoms with Crippen LogP contribution in [0.5, 0.6) is 5.75 Å². The molecular weight excluding hydrogens is 378 g/mol. The van der Waals surface area contributed by atoms with Crippen LogP contribution < -0.4 is 9.64 Å². The Balaban J connectivity index is 1.95. The molecule has 0 aromatic heterocycles. The second-order valence-corrected chi connectivity index (χ2v) is 6.50. The average Bonchev–Trinajstić information content (AvgIpc) is 2.67. The number of amides is 1. The highest BCUT2D eigenvalue weighted by molar-refractivity contribution is 9.10. The van der Waals surface area contributed by atoms with Crippen molar-refractivity contribution in [2.24, 2.45) is 0 Å². The molecule has 0 unspecified atom stereocenters. The highest BCUT2D eigenvalue weighted by atomic mass is 79.9. The molecule has 0 heterocycles. The van der Waals surface area contributed by atoms with Crippen molar-refractivity contribution in [3.05, 3.63) is 94.5 Å². The number of hydrogen-bond donors (Lipinski definition) is 0. The molecule has 0 saturated carbocycles. The van der Waals surface area contributed by atoms with Crippen molar-refractivity contribution in [1.82, 2.24) is 0 Å². The van der Waals surface area contributed by atoms with Gasteiger partial charge in [0.15, 0.2) is 0 Å². The average molecular weight is 396 g/mol. The highest BCUT2D eigenvalue weighted by Gasteiger charge is 2.18. The fraction of sp³-hybridized carbons (Fsp3) is 0.0952. The number of anilines is 1. The molecule has 0 spiro atoms. The minimum absolute atomic E-state index is 0.0403. The summed E-state index contributed by atoms with van der Waals surface area (Å²) in [4.78, 5) is 14.9. The molecule has 0 aliphatic carbocycles. The van der Waals surface area contributed by atoms with Gasteiger partial charge in [0, 0.05) is 15.7 Å². The SMILES string of the molecule is COc1ccc(N(Cc2ccccc2)C(=O)c2ccc(Br)cc2)cc1. The summed E-state index contributed by atoms with van der Waals surface area (Å²) in [6.07, 6.45) is 0. The first kappa shape index (κ1) is 17.2. The molecule has 0 saturated heterocycles. The van der Waals surface area contributed by atoms with Crippen molar-refractivity contribution >= 4 is 27.5 Å². The Morgan fingerprint density at radius 2 is 1.56 bits per heavy atom. The van der Waals surface area contributed by atoms with Crippen LogP contribution in [-0.2, 0) is 6.54 Å². The zero-order chi connectivity index (χ0) is 17.6. The first-order valence-electron chi connectivity index (χ1n) is 7.93. The lowest BCUT2D eigenvalue weighted by Crippen LogP contribution is -2.30. The third-order valence-electron chi connectivity index (χ3n) is 3.90. The number of methoxy groups -OCH3 is 1. The van der Waals surface area contributed by atoms with Gasteiger partial charge in [-0.3, -0.25) is 4.79 Å². The minimum Gasteiger partial charge on any atom is -0.497 e. The van der Waals surface area contributed by atoms with Crippen molar-refractivity contribution < 1.29 is 9.53 Å². The Morgan fingerprint density at radius 1 is 0.920 bits per heavy atom. The lowest BCUT2D eigenvalue weighted by atomic mass is 10.1. The predicted octanol–water partition coefficient (Wildman–Crippen LogP) is 5.30. The predicted molar refractivity (Wildman–Crippen MR) is 104 cm³/mol. The van der Waals surface area contributed by atoms with Crippen LogP contribution in [-0.4, -0.2) is 13.0 Å². The third-order valence-corrected chi connectivity index (χ3v) is 4.43. The lowest BCUT2D eigenvalue weighted by Gasteiger charge is -2.23. The van der Waals surface area contributed by atoms with Crippen molar-refractivity contribution in [3.63, 3.8) is 0 Å². The monoisotopic (exact) mass is 395 g/mol. The zero-order valence-corrected chi connectivity index (χ0v) is 15.4. The summed E-state index contributed by atoms with van der Waals surface area (Å²) in [6, 6.07) is 24.9. The first-order chi connectivity index (χ1) is 12.2. The molecule has 0 bridgehead atoms. The number of benzene rings is 3. The van der Waals surface area contributed by atoms with Crippen molar-refractivity contribution in [2.75, 3.05) is 12.0 Å². The van der Waals surface area contributed by atoms with Gasteiger partial charge in [-0.05, 0) is 54.1 Å². The van der Waals surface area contributed by atoms with E-state index in [9.17, 15) is 4.79 Å². The molecule has 25 heavy (non-hydrogen) atoms. The fourth-order valence-electron chi connectivity index (χ4n) is 2.56. The highest BCUT2D eigenvalue weighted by Crippen LogP contribution is 2.24. The topological polar surface area (TPSA) is 29.5 Å². The van der Waals surface area contributed by atoms with E-state index in [1.807, 2.05) is 78.9 Å². The summed E-state index contributed by atoms with van der Waals surface area (Å²) < 4.78 is 6.16. The van der Waals surface area contributed by atoms with Crippen LogP contribution in [0.2, 0.25) is 0 Å². The van der Waals surface area contributed by atoms with Gasteiger partial charge in [0.05, 0.1) is 13.7 Å². The summed E-state index contributed by atoms with van der Waals surface area (Å²) in [5, 5.41) is 0. The van der Waals surface area contributed by atoms with E-state index in [0.29, 0.717) is 12.1 Å². The second kappa shape index (κ2) is 7.99. The molecule has 1 amide bonds. The number of hydrogen-bond acceptors (Lipinski definition) is 2. The van der Waals surface area contributed by atoms with Crippen LogP contribution in [0.25, 0.3) is 0 Å². The van der Waals surface area contributed by atoms with Gasteiger partial charge in [-0.25, -0.2) is 0 Å². The first-order valence-corrected chi connectivity index (χ1v) is 8.72. The van der Waals surface area contributed by atoms with Gasteiger partial charge in [-0.1, -0.05) is 46.3 Å². The molecule has 3 aromatic carbocycles. The van der Waals surface area contributed by atoms with Crippen LogP contribution in [0.15, 0.2) is 83.3 Å². The van der Waals surface area contributed by atoms with Crippen LogP contribution in [0.3, 0.4) is 0 Å². The Kier molecular flexibility index (Phi) is 5.51. The van der Waals surface area contributed by atoms with E-state index < -0.39 is 0 Å². The largest absolute Gasteiger partial charge is 0.497 e. The molecule has 0 fully saturated rings. The Hall–Kier alpha value is -2.59. The molecule has 3 aromatic rings. The number of rotatable bonds is 5. The van der Waals surface area contributed by atoms with E-state index in [0.717, 1.165) is 21.5 Å². The van der Waals surface area contributed by atoms with E-state index >= 15 is 0 Å². The lowest BCUT2D eigenvalue weighted by molar-refractivity contribution is 0.0985. The fourth-order valence-corrected chi connectivity index (χ4v) is 2.82. The summed E-state index contributed by atoms with van der Waals surface area (Å²) in [5.41, 5.74) is 2.55. The van der Waals surface area contributed by atoms with Gasteiger partial charge in [0.1, 0.15) is 5.75 Å². The number of halogens is 1. The van der Waals surface area contributed by atoms with Crippen LogP contribution in [0.4, 0.5) is 5.69 Å². The molecule has 126 valence electrons. The Labute approximate surface area is 156 Å². The van der Waals surface area contributed by atoms with E-state index in [1.54, 1.807) is 12.0 Å². The zero-order valence-electron chi connectivity index (χ0n) is 13.9. The quantitative estimate of drug-likeness (QED) is 0.586. The summed E-state index contributed by atoms with van der Waals surface area (Å²) in [7, 11) is 1.63. The number of carbonyl (C=O) groups is 1. The second-order valence-electron chi connectivity index (χ2n) is 5.58. The summed E-state index contributed by atoms with van der Waals surface area (Å²) >= 11 is 3.41. The molecule has 4 heteroatoms. The molecule has 0 N–H and O–H groups in total. The van der Waals surface area contributed by atoms with Gasteiger partial charge in [0.2, 0.25) is 0 Å². The van der Waals surface area contributed by atoms with Gasteiger partial charge < -0.3 is 9.64 Å². The van der Waals surface area contributed by atoms with E-state index in [2.05, 4.69) is 15.9 Å². The van der Waals surface area contributed by atoms with E-state index in [-0.39, 0.29) is 5.91 Å². The van der Waals surface area contributed by atoms with E-state index in [4.69, 9.17) is 4.74 Å². The molecule has 0 radical (unpaired) electrons. The summed E-state index contributed by atoms with van der Waals surface area (Å²) in [6.45, 7) is 0.502. The Morgan fingerprint density at radius 3 is 2.16 bits per heavy atom.